The molecule has 94 valence electrons. The van der Waals surface area contributed by atoms with E-state index in [1.807, 2.05) is 11.9 Å². The quantitative estimate of drug-likeness (QED) is 0.818. The van der Waals surface area contributed by atoms with Crippen molar-refractivity contribution in [3.8, 4) is 0 Å². The SMILES string of the molecule is CCC1CN(C(=O)c2ccn[nH]2)CCC1NC. The summed E-state index contributed by atoms with van der Waals surface area (Å²) < 4.78 is 0. The zero-order chi connectivity index (χ0) is 12.3. The van der Waals surface area contributed by atoms with Crippen molar-refractivity contribution < 1.29 is 4.79 Å². The number of aromatic nitrogens is 2. The molecule has 1 amide bonds. The van der Waals surface area contributed by atoms with Crippen LogP contribution >= 0.6 is 0 Å². The fourth-order valence-electron chi connectivity index (χ4n) is 2.56. The molecule has 0 bridgehead atoms. The van der Waals surface area contributed by atoms with Gasteiger partial charge in [0, 0.05) is 25.3 Å². The number of nitrogens with one attached hydrogen (secondary N) is 2. The molecule has 0 spiro atoms. The van der Waals surface area contributed by atoms with Crippen molar-refractivity contribution in [2.75, 3.05) is 20.1 Å². The summed E-state index contributed by atoms with van der Waals surface area (Å²) in [6.07, 6.45) is 3.73. The number of aromatic amines is 1. The van der Waals surface area contributed by atoms with Crippen LogP contribution in [0.4, 0.5) is 0 Å². The highest BCUT2D eigenvalue weighted by Crippen LogP contribution is 2.21. The zero-order valence-electron chi connectivity index (χ0n) is 10.4. The summed E-state index contributed by atoms with van der Waals surface area (Å²) in [4.78, 5) is 14.1. The van der Waals surface area contributed by atoms with Gasteiger partial charge in [0.2, 0.25) is 0 Å². The van der Waals surface area contributed by atoms with Crippen LogP contribution in [0.3, 0.4) is 0 Å². The molecule has 5 heteroatoms. The number of carbonyl (C=O) groups excluding carboxylic acids is 1. The maximum atomic E-state index is 12.2. The summed E-state index contributed by atoms with van der Waals surface area (Å²) in [6.45, 7) is 3.83. The van der Waals surface area contributed by atoms with E-state index in [2.05, 4.69) is 22.4 Å². The largest absolute Gasteiger partial charge is 0.337 e. The van der Waals surface area contributed by atoms with Gasteiger partial charge in [-0.3, -0.25) is 9.89 Å². The molecule has 1 aromatic rings. The molecule has 2 atom stereocenters. The first kappa shape index (κ1) is 12.1. The van der Waals surface area contributed by atoms with Crippen molar-refractivity contribution in [1.82, 2.24) is 20.4 Å². The predicted octanol–water partition coefficient (Wildman–Crippen LogP) is 0.870. The van der Waals surface area contributed by atoms with Gasteiger partial charge in [-0.15, -0.1) is 0 Å². The molecule has 17 heavy (non-hydrogen) atoms. The summed E-state index contributed by atoms with van der Waals surface area (Å²) in [5.74, 6) is 0.608. The molecule has 1 fully saturated rings. The third-order valence-electron chi connectivity index (χ3n) is 3.65. The third-order valence-corrected chi connectivity index (χ3v) is 3.65. The van der Waals surface area contributed by atoms with E-state index in [1.165, 1.54) is 0 Å². The predicted molar refractivity (Wildman–Crippen MR) is 65.7 cm³/mol. The molecular formula is C12H20N4O. The Morgan fingerprint density at radius 1 is 1.71 bits per heavy atom. The molecule has 0 radical (unpaired) electrons. The van der Waals surface area contributed by atoms with Crippen LogP contribution in [0.2, 0.25) is 0 Å². The summed E-state index contributed by atoms with van der Waals surface area (Å²) in [7, 11) is 2.00. The van der Waals surface area contributed by atoms with Gasteiger partial charge in [0.15, 0.2) is 0 Å². The van der Waals surface area contributed by atoms with Crippen LogP contribution in [0.5, 0.6) is 0 Å². The smallest absolute Gasteiger partial charge is 0.271 e. The number of hydrogen-bond acceptors (Lipinski definition) is 3. The highest BCUT2D eigenvalue weighted by molar-refractivity contribution is 5.92. The highest BCUT2D eigenvalue weighted by atomic mass is 16.2. The van der Waals surface area contributed by atoms with Crippen LogP contribution in [0.25, 0.3) is 0 Å². The minimum Gasteiger partial charge on any atom is -0.337 e. The van der Waals surface area contributed by atoms with Crippen molar-refractivity contribution in [2.24, 2.45) is 5.92 Å². The Hall–Kier alpha value is -1.36. The molecular weight excluding hydrogens is 216 g/mol. The van der Waals surface area contributed by atoms with Gasteiger partial charge in [-0.05, 0) is 25.5 Å². The first-order chi connectivity index (χ1) is 8.26. The average molecular weight is 236 g/mol. The monoisotopic (exact) mass is 236 g/mol. The second-order valence-electron chi connectivity index (χ2n) is 4.57. The highest BCUT2D eigenvalue weighted by Gasteiger charge is 2.30. The van der Waals surface area contributed by atoms with Crippen molar-refractivity contribution in [3.05, 3.63) is 18.0 Å². The van der Waals surface area contributed by atoms with Gasteiger partial charge >= 0.3 is 0 Å². The van der Waals surface area contributed by atoms with Crippen LogP contribution in [-0.2, 0) is 0 Å². The Morgan fingerprint density at radius 2 is 2.53 bits per heavy atom. The maximum Gasteiger partial charge on any atom is 0.271 e. The van der Waals surface area contributed by atoms with Gasteiger partial charge in [0.05, 0.1) is 0 Å². The molecule has 1 aliphatic heterocycles. The van der Waals surface area contributed by atoms with E-state index in [0.29, 0.717) is 17.7 Å². The first-order valence-corrected chi connectivity index (χ1v) is 6.22. The van der Waals surface area contributed by atoms with Crippen molar-refractivity contribution in [3.63, 3.8) is 0 Å². The summed E-state index contributed by atoms with van der Waals surface area (Å²) in [6, 6.07) is 2.26. The number of piperidine rings is 1. The van der Waals surface area contributed by atoms with E-state index in [9.17, 15) is 4.79 Å². The van der Waals surface area contributed by atoms with Gasteiger partial charge in [-0.25, -0.2) is 0 Å². The van der Waals surface area contributed by atoms with Crippen LogP contribution in [-0.4, -0.2) is 47.2 Å². The van der Waals surface area contributed by atoms with Gasteiger partial charge in [0.1, 0.15) is 5.69 Å². The topological polar surface area (TPSA) is 61.0 Å². The molecule has 0 aromatic carbocycles. The van der Waals surface area contributed by atoms with Crippen molar-refractivity contribution >= 4 is 5.91 Å². The zero-order valence-corrected chi connectivity index (χ0v) is 10.4. The number of carbonyl (C=O) groups is 1. The van der Waals surface area contributed by atoms with E-state index in [1.54, 1.807) is 12.3 Å². The van der Waals surface area contributed by atoms with Crippen molar-refractivity contribution in [2.45, 2.75) is 25.8 Å². The second kappa shape index (κ2) is 5.31. The minimum absolute atomic E-state index is 0.0653. The van der Waals surface area contributed by atoms with E-state index < -0.39 is 0 Å². The third kappa shape index (κ3) is 2.49. The number of nitrogens with zero attached hydrogens (tertiary/aromatic N) is 2. The molecule has 1 aliphatic rings. The molecule has 2 rings (SSSR count). The lowest BCUT2D eigenvalue weighted by Crippen LogP contribution is -2.50. The minimum atomic E-state index is 0.0653. The van der Waals surface area contributed by atoms with E-state index in [-0.39, 0.29) is 5.91 Å². The molecule has 2 unspecified atom stereocenters. The average Bonchev–Trinajstić information content (AvgIpc) is 2.90. The van der Waals surface area contributed by atoms with Gasteiger partial charge in [-0.2, -0.15) is 5.10 Å². The summed E-state index contributed by atoms with van der Waals surface area (Å²) >= 11 is 0. The van der Waals surface area contributed by atoms with Gasteiger partial charge in [0.25, 0.3) is 5.91 Å². The summed E-state index contributed by atoms with van der Waals surface area (Å²) in [5.41, 5.74) is 0.586. The lowest BCUT2D eigenvalue weighted by molar-refractivity contribution is 0.0626. The normalized spacial score (nSPS) is 24.9. The summed E-state index contributed by atoms with van der Waals surface area (Å²) in [5, 5.41) is 9.90. The maximum absolute atomic E-state index is 12.2. The van der Waals surface area contributed by atoms with Crippen LogP contribution in [0.15, 0.2) is 12.3 Å². The fourth-order valence-corrected chi connectivity index (χ4v) is 2.56. The molecule has 0 aliphatic carbocycles. The fraction of sp³-hybridized carbons (Fsp3) is 0.667. The molecule has 2 heterocycles. The molecule has 0 saturated carbocycles. The molecule has 1 aromatic heterocycles. The van der Waals surface area contributed by atoms with E-state index in [0.717, 1.165) is 25.9 Å². The van der Waals surface area contributed by atoms with Gasteiger partial charge < -0.3 is 10.2 Å². The Bertz CT molecular complexity index is 363. The number of H-pyrrole nitrogens is 1. The lowest BCUT2D eigenvalue weighted by Gasteiger charge is -2.38. The molecule has 5 nitrogen and oxygen atoms in total. The van der Waals surface area contributed by atoms with Crippen LogP contribution < -0.4 is 5.32 Å². The number of likely N-dealkylation sites (tertiary alicyclic amines) is 1. The first-order valence-electron chi connectivity index (χ1n) is 6.22. The molecule has 2 N–H and O–H groups in total. The second-order valence-corrected chi connectivity index (χ2v) is 4.57. The lowest BCUT2D eigenvalue weighted by atomic mass is 9.90. The molecule has 1 saturated heterocycles. The Labute approximate surface area is 102 Å². The Morgan fingerprint density at radius 3 is 3.12 bits per heavy atom. The van der Waals surface area contributed by atoms with Gasteiger partial charge in [-0.1, -0.05) is 13.3 Å². The van der Waals surface area contributed by atoms with Crippen LogP contribution in [0, 0.1) is 5.92 Å². The van der Waals surface area contributed by atoms with E-state index in [4.69, 9.17) is 0 Å². The Kier molecular flexibility index (Phi) is 3.78. The standard InChI is InChI=1S/C12H20N4O/c1-3-9-8-16(7-5-10(9)13-2)12(17)11-4-6-14-15-11/h4,6,9-10,13H,3,5,7-8H2,1-2H3,(H,14,15). The number of hydrogen-bond donors (Lipinski definition) is 2. The Balaban J connectivity index is 2.02. The number of amides is 1. The number of rotatable bonds is 3. The van der Waals surface area contributed by atoms with Crippen LogP contribution in [0.1, 0.15) is 30.3 Å². The van der Waals surface area contributed by atoms with E-state index >= 15 is 0 Å². The van der Waals surface area contributed by atoms with Crippen molar-refractivity contribution in [1.29, 1.82) is 0 Å².